The average Bonchev–Trinajstić information content (AvgIpc) is 2.21. The van der Waals surface area contributed by atoms with E-state index in [2.05, 4.69) is 51.6 Å². The first-order valence-electron chi connectivity index (χ1n) is 4.93. The van der Waals surface area contributed by atoms with E-state index >= 15 is 0 Å². The summed E-state index contributed by atoms with van der Waals surface area (Å²) in [7, 11) is 0. The standard InChI is InChI=1S/C10H16BrN3/c1-4-8(3)14(5-2)10-12-6-9(11)7-13-10/h6-8H,4-5H2,1-3H3. The van der Waals surface area contributed by atoms with Gasteiger partial charge in [0.2, 0.25) is 5.95 Å². The molecule has 0 radical (unpaired) electrons. The minimum Gasteiger partial charge on any atom is -0.338 e. The zero-order valence-electron chi connectivity index (χ0n) is 8.87. The van der Waals surface area contributed by atoms with Crippen LogP contribution in [0, 0.1) is 0 Å². The Hall–Kier alpha value is -0.640. The minimum absolute atomic E-state index is 0.487. The Labute approximate surface area is 93.7 Å². The van der Waals surface area contributed by atoms with Gasteiger partial charge in [0, 0.05) is 25.0 Å². The predicted octanol–water partition coefficient (Wildman–Crippen LogP) is 2.86. The van der Waals surface area contributed by atoms with Crippen LogP contribution in [0.3, 0.4) is 0 Å². The van der Waals surface area contributed by atoms with Gasteiger partial charge in [-0.15, -0.1) is 0 Å². The summed E-state index contributed by atoms with van der Waals surface area (Å²) in [5.74, 6) is 0.810. The van der Waals surface area contributed by atoms with Gasteiger partial charge in [0.15, 0.2) is 0 Å². The van der Waals surface area contributed by atoms with Crippen molar-refractivity contribution in [1.82, 2.24) is 9.97 Å². The van der Waals surface area contributed by atoms with Crippen LogP contribution in [0.5, 0.6) is 0 Å². The highest BCUT2D eigenvalue weighted by molar-refractivity contribution is 9.10. The summed E-state index contributed by atoms with van der Waals surface area (Å²) in [4.78, 5) is 10.8. The highest BCUT2D eigenvalue weighted by Crippen LogP contribution is 2.14. The quantitative estimate of drug-likeness (QED) is 0.831. The number of hydrogen-bond donors (Lipinski definition) is 0. The predicted molar refractivity (Wildman–Crippen MR) is 62.5 cm³/mol. The summed E-state index contributed by atoms with van der Waals surface area (Å²) in [6, 6.07) is 0.487. The second-order valence-electron chi connectivity index (χ2n) is 3.24. The van der Waals surface area contributed by atoms with Crippen LogP contribution in [0.2, 0.25) is 0 Å². The molecule has 3 nitrogen and oxygen atoms in total. The fourth-order valence-corrected chi connectivity index (χ4v) is 1.53. The van der Waals surface area contributed by atoms with Crippen LogP contribution in [0.4, 0.5) is 5.95 Å². The summed E-state index contributed by atoms with van der Waals surface area (Å²) in [6.45, 7) is 7.43. The third-order valence-corrected chi connectivity index (χ3v) is 2.74. The smallest absolute Gasteiger partial charge is 0.225 e. The maximum Gasteiger partial charge on any atom is 0.225 e. The number of rotatable bonds is 4. The van der Waals surface area contributed by atoms with E-state index in [0.717, 1.165) is 23.4 Å². The topological polar surface area (TPSA) is 29.0 Å². The SMILES string of the molecule is CCC(C)N(CC)c1ncc(Br)cn1. The van der Waals surface area contributed by atoms with Crippen molar-refractivity contribution in [3.8, 4) is 0 Å². The van der Waals surface area contributed by atoms with Gasteiger partial charge in [0.1, 0.15) is 0 Å². The Morgan fingerprint density at radius 3 is 2.36 bits per heavy atom. The van der Waals surface area contributed by atoms with Gasteiger partial charge >= 0.3 is 0 Å². The molecule has 1 unspecified atom stereocenters. The zero-order valence-corrected chi connectivity index (χ0v) is 10.5. The zero-order chi connectivity index (χ0) is 10.6. The van der Waals surface area contributed by atoms with Gasteiger partial charge in [-0.2, -0.15) is 0 Å². The van der Waals surface area contributed by atoms with Crippen molar-refractivity contribution in [1.29, 1.82) is 0 Å². The number of nitrogens with zero attached hydrogens (tertiary/aromatic N) is 3. The van der Waals surface area contributed by atoms with Crippen LogP contribution in [0.1, 0.15) is 27.2 Å². The Bertz CT molecular complexity index is 273. The highest BCUT2D eigenvalue weighted by atomic mass is 79.9. The van der Waals surface area contributed by atoms with Crippen molar-refractivity contribution in [2.24, 2.45) is 0 Å². The molecule has 0 spiro atoms. The maximum absolute atomic E-state index is 4.29. The van der Waals surface area contributed by atoms with E-state index in [1.54, 1.807) is 12.4 Å². The van der Waals surface area contributed by atoms with E-state index in [4.69, 9.17) is 0 Å². The molecule has 0 saturated heterocycles. The van der Waals surface area contributed by atoms with E-state index in [9.17, 15) is 0 Å². The molecule has 0 aliphatic rings. The molecule has 1 aromatic heterocycles. The summed E-state index contributed by atoms with van der Waals surface area (Å²) in [6.07, 6.45) is 4.67. The third-order valence-electron chi connectivity index (χ3n) is 2.33. The third kappa shape index (κ3) is 2.67. The lowest BCUT2D eigenvalue weighted by Crippen LogP contribution is -2.33. The van der Waals surface area contributed by atoms with Crippen LogP contribution in [-0.2, 0) is 0 Å². The molecule has 1 heterocycles. The number of hydrogen-bond acceptors (Lipinski definition) is 3. The molecule has 0 aliphatic carbocycles. The Morgan fingerprint density at radius 2 is 1.93 bits per heavy atom. The Balaban J connectivity index is 2.84. The largest absolute Gasteiger partial charge is 0.338 e. The van der Waals surface area contributed by atoms with Gasteiger partial charge in [-0.05, 0) is 36.2 Å². The summed E-state index contributed by atoms with van der Waals surface area (Å²) in [5.41, 5.74) is 0. The lowest BCUT2D eigenvalue weighted by atomic mass is 10.2. The van der Waals surface area contributed by atoms with Crippen LogP contribution in [0.25, 0.3) is 0 Å². The normalized spacial score (nSPS) is 12.6. The second kappa shape index (κ2) is 5.29. The second-order valence-corrected chi connectivity index (χ2v) is 4.16. The van der Waals surface area contributed by atoms with Crippen molar-refractivity contribution in [3.63, 3.8) is 0 Å². The van der Waals surface area contributed by atoms with Crippen LogP contribution < -0.4 is 4.90 Å². The highest BCUT2D eigenvalue weighted by Gasteiger charge is 2.12. The average molecular weight is 258 g/mol. The van der Waals surface area contributed by atoms with Crippen molar-refractivity contribution in [3.05, 3.63) is 16.9 Å². The van der Waals surface area contributed by atoms with Gasteiger partial charge in [0.25, 0.3) is 0 Å². The van der Waals surface area contributed by atoms with Crippen LogP contribution in [0.15, 0.2) is 16.9 Å². The molecule has 0 fully saturated rings. The van der Waals surface area contributed by atoms with E-state index in [0.29, 0.717) is 6.04 Å². The molecular weight excluding hydrogens is 242 g/mol. The molecule has 0 aromatic carbocycles. The molecule has 0 aliphatic heterocycles. The number of anilines is 1. The monoisotopic (exact) mass is 257 g/mol. The van der Waals surface area contributed by atoms with Crippen molar-refractivity contribution in [2.45, 2.75) is 33.2 Å². The summed E-state index contributed by atoms with van der Waals surface area (Å²) < 4.78 is 0.918. The first kappa shape index (κ1) is 11.4. The maximum atomic E-state index is 4.29. The van der Waals surface area contributed by atoms with Crippen molar-refractivity contribution >= 4 is 21.9 Å². The van der Waals surface area contributed by atoms with Gasteiger partial charge in [-0.3, -0.25) is 0 Å². The number of aromatic nitrogens is 2. The van der Waals surface area contributed by atoms with Crippen molar-refractivity contribution < 1.29 is 0 Å². The van der Waals surface area contributed by atoms with E-state index in [-0.39, 0.29) is 0 Å². The molecule has 0 saturated carbocycles. The van der Waals surface area contributed by atoms with Gasteiger partial charge in [0.05, 0.1) is 4.47 Å². The minimum atomic E-state index is 0.487. The molecule has 1 rings (SSSR count). The van der Waals surface area contributed by atoms with Crippen LogP contribution >= 0.6 is 15.9 Å². The van der Waals surface area contributed by atoms with Gasteiger partial charge in [-0.25, -0.2) is 9.97 Å². The fourth-order valence-electron chi connectivity index (χ4n) is 1.32. The van der Waals surface area contributed by atoms with Crippen molar-refractivity contribution in [2.75, 3.05) is 11.4 Å². The molecular formula is C10H16BrN3. The van der Waals surface area contributed by atoms with E-state index in [1.807, 2.05) is 0 Å². The first-order chi connectivity index (χ1) is 6.69. The van der Waals surface area contributed by atoms with Crippen LogP contribution in [-0.4, -0.2) is 22.6 Å². The molecule has 4 heteroatoms. The van der Waals surface area contributed by atoms with E-state index in [1.165, 1.54) is 0 Å². The first-order valence-corrected chi connectivity index (χ1v) is 5.72. The summed E-state index contributed by atoms with van der Waals surface area (Å²) >= 11 is 3.33. The lowest BCUT2D eigenvalue weighted by Gasteiger charge is -2.26. The Kier molecular flexibility index (Phi) is 4.32. The lowest BCUT2D eigenvalue weighted by molar-refractivity contribution is 0.614. The number of halogens is 1. The van der Waals surface area contributed by atoms with E-state index < -0.39 is 0 Å². The van der Waals surface area contributed by atoms with Gasteiger partial charge in [-0.1, -0.05) is 6.92 Å². The fraction of sp³-hybridized carbons (Fsp3) is 0.600. The molecule has 0 bridgehead atoms. The Morgan fingerprint density at radius 1 is 1.36 bits per heavy atom. The molecule has 14 heavy (non-hydrogen) atoms. The molecule has 0 amide bonds. The molecule has 0 N–H and O–H groups in total. The molecule has 1 atom stereocenters. The molecule has 1 aromatic rings. The summed E-state index contributed by atoms with van der Waals surface area (Å²) in [5, 5.41) is 0. The van der Waals surface area contributed by atoms with Gasteiger partial charge < -0.3 is 4.90 Å². The molecule has 78 valence electrons.